The summed E-state index contributed by atoms with van der Waals surface area (Å²) in [6.45, 7) is 0. The number of pyridine rings is 1. The molecule has 33 heavy (non-hydrogen) atoms. The molecule has 1 rings (SSSR count). The SMILES string of the molecule is O=C(O)c1ccccn1.O=S(=O)(O)O.O=S(=O)(O)O.O=S(=O)(O)O[Se](=O)(=O)O.[Cr].[Cu].[H-].[Mn].[Na+].[Zn]. The van der Waals surface area contributed by atoms with Crippen molar-refractivity contribution in [2.24, 2.45) is 0 Å². The first kappa shape index (κ1) is 55.1. The average molecular weight is 804 g/mol. The van der Waals surface area contributed by atoms with Crippen molar-refractivity contribution in [3.8, 4) is 0 Å². The fraction of sp³-hybridized carbons (Fsp3) is 0. The van der Waals surface area contributed by atoms with Crippen LogP contribution in [0.25, 0.3) is 0 Å². The Labute approximate surface area is 257 Å². The Morgan fingerprint density at radius 3 is 1.33 bits per heavy atom. The van der Waals surface area contributed by atoms with Gasteiger partial charge in [-0.15, -0.1) is 0 Å². The largest absolute Gasteiger partial charge is 1.00 e. The molecule has 0 aliphatic carbocycles. The van der Waals surface area contributed by atoms with Crippen LogP contribution < -0.4 is 29.6 Å². The van der Waals surface area contributed by atoms with Gasteiger partial charge in [-0.05, 0) is 12.1 Å². The van der Waals surface area contributed by atoms with Crippen molar-refractivity contribution >= 4 is 50.5 Å². The number of carboxylic acids is 1. The molecule has 7 N–H and O–H groups in total. The van der Waals surface area contributed by atoms with Gasteiger partial charge in [-0.2, -0.15) is 16.8 Å². The predicted molar refractivity (Wildman–Crippen MR) is 82.6 cm³/mol. The third-order valence-corrected chi connectivity index (χ3v) is 3.56. The Morgan fingerprint density at radius 2 is 1.24 bits per heavy atom. The van der Waals surface area contributed by atoms with E-state index in [2.05, 4.69) is 8.25 Å². The number of nitrogens with zero attached hydrogens (tertiary/aromatic N) is 1. The van der Waals surface area contributed by atoms with E-state index < -0.39 is 50.5 Å². The van der Waals surface area contributed by atoms with Crippen LogP contribution in [0.3, 0.4) is 0 Å². The van der Waals surface area contributed by atoms with Crippen LogP contribution in [0.15, 0.2) is 24.4 Å². The maximum absolute atomic E-state index is 10.1. The van der Waals surface area contributed by atoms with E-state index in [4.69, 9.17) is 48.9 Å². The summed E-state index contributed by atoms with van der Waals surface area (Å²) in [5, 5.41) is 8.32. The molecule has 1 aromatic heterocycles. The van der Waals surface area contributed by atoms with Crippen molar-refractivity contribution < 1.29 is 175 Å². The van der Waals surface area contributed by atoms with Gasteiger partial charge < -0.3 is 6.53 Å². The molecule has 0 unspecified atom stereocenters. The van der Waals surface area contributed by atoms with E-state index >= 15 is 0 Å². The molecule has 0 saturated heterocycles. The molecule has 0 bridgehead atoms. The summed E-state index contributed by atoms with van der Waals surface area (Å²) in [7, 11) is -14.4. The van der Waals surface area contributed by atoms with Crippen LogP contribution in [0.1, 0.15) is 11.9 Å². The Kier molecular flexibility index (Phi) is 42.0. The number of carbonyl (C=O) groups is 1. The predicted octanol–water partition coefficient (Wildman–Crippen LogP) is -5.32. The molecule has 0 aliphatic rings. The molecule has 1 heterocycles. The average Bonchev–Trinajstić information content (AvgIpc) is 2.31. The van der Waals surface area contributed by atoms with Gasteiger partial charge >= 0.3 is 108 Å². The van der Waals surface area contributed by atoms with Crippen LogP contribution in [0.2, 0.25) is 0 Å². The number of aromatic carboxylic acids is 1. The number of hydrogen-bond donors (Lipinski definition) is 7. The Morgan fingerprint density at radius 1 is 0.939 bits per heavy atom. The van der Waals surface area contributed by atoms with Crippen LogP contribution in [0.4, 0.5) is 0 Å². The van der Waals surface area contributed by atoms with Gasteiger partial charge in [0.1, 0.15) is 5.69 Å². The zero-order valence-corrected chi connectivity index (χ0v) is 27.9. The van der Waals surface area contributed by atoms with Crippen LogP contribution in [-0.4, -0.2) is 81.6 Å². The minimum atomic E-state index is -5.79. The fourth-order valence-electron chi connectivity index (χ4n) is 0.598. The van der Waals surface area contributed by atoms with Crippen LogP contribution in [0, 0.1) is 0 Å². The Balaban J connectivity index is -0.0000000341. The van der Waals surface area contributed by atoms with Crippen molar-refractivity contribution in [2.45, 2.75) is 0 Å². The third kappa shape index (κ3) is 87.4. The molecule has 0 amide bonds. The van der Waals surface area contributed by atoms with Crippen molar-refractivity contribution in [3.05, 3.63) is 30.1 Å². The van der Waals surface area contributed by atoms with E-state index in [1.807, 2.05) is 0 Å². The molecule has 2 radical (unpaired) electrons. The van der Waals surface area contributed by atoms with E-state index in [0.717, 1.165) is 0 Å². The minimum absolute atomic E-state index is 0. The van der Waals surface area contributed by atoms with Gasteiger partial charge in [-0.1, -0.05) is 6.07 Å². The van der Waals surface area contributed by atoms with Gasteiger partial charge in [0.05, 0.1) is 0 Å². The fourth-order valence-corrected chi connectivity index (χ4v) is 2.18. The summed E-state index contributed by atoms with van der Waals surface area (Å²) in [6.07, 6.45) is 1.45. The van der Waals surface area contributed by atoms with Crippen molar-refractivity contribution in [2.75, 3.05) is 0 Å². The summed E-state index contributed by atoms with van der Waals surface area (Å²) in [5.74, 6) is -0.990. The molecular weight excluding hydrogens is 792 g/mol. The number of carboxylic acid groups (broad SMARTS) is 1. The Bertz CT molecular complexity index is 972. The smallest absolute Gasteiger partial charge is 1.00 e. The topological polar surface area (TPSA) is 317 Å². The summed E-state index contributed by atoms with van der Waals surface area (Å²) in [6, 6.07) is 4.76. The number of hydrogen-bond acceptors (Lipinski definition) is 11. The van der Waals surface area contributed by atoms with E-state index in [0.29, 0.717) is 0 Å². The number of aromatic nitrogens is 1. The van der Waals surface area contributed by atoms with Crippen molar-refractivity contribution in [1.29, 1.82) is 0 Å². The molecule has 0 saturated carbocycles. The van der Waals surface area contributed by atoms with E-state index in [1.165, 1.54) is 12.3 Å². The maximum Gasteiger partial charge on any atom is 1.00 e. The van der Waals surface area contributed by atoms with Crippen molar-refractivity contribution in [1.82, 2.24) is 4.98 Å². The number of rotatable bonds is 3. The van der Waals surface area contributed by atoms with Gasteiger partial charge in [0.15, 0.2) is 0 Å². The van der Waals surface area contributed by atoms with E-state index in [1.54, 1.807) is 12.1 Å². The molecule has 27 heteroatoms. The molecule has 0 fully saturated rings. The maximum atomic E-state index is 10.1. The zero-order valence-electron chi connectivity index (χ0n) is 16.4. The first-order chi connectivity index (χ1) is 12.0. The zero-order chi connectivity index (χ0) is 23.4. The van der Waals surface area contributed by atoms with Crippen molar-refractivity contribution in [3.63, 3.8) is 0 Å². The molecule has 1 aromatic rings. The minimum Gasteiger partial charge on any atom is -1.00 e. The van der Waals surface area contributed by atoms with E-state index in [-0.39, 0.29) is 108 Å². The second kappa shape index (κ2) is 25.2. The summed E-state index contributed by atoms with van der Waals surface area (Å²) in [5.41, 5.74) is 0.0810. The molecule has 0 aliphatic heterocycles. The quantitative estimate of drug-likeness (QED) is 0.111. The van der Waals surface area contributed by atoms with Crippen LogP contribution in [-0.2, 0) is 113 Å². The molecule has 194 valence electrons. The summed E-state index contributed by atoms with van der Waals surface area (Å²) >= 11 is -5.79. The summed E-state index contributed by atoms with van der Waals surface area (Å²) in [4.78, 5) is 13.7. The molecule has 18 nitrogen and oxygen atoms in total. The Hall–Kier alpha value is 1.50. The first-order valence-corrected chi connectivity index (χ1v) is 12.2. The van der Waals surface area contributed by atoms with Crippen LogP contribution in [0.5, 0.6) is 0 Å². The molecule has 0 aromatic carbocycles. The monoisotopic (exact) mass is 803 g/mol. The third-order valence-electron chi connectivity index (χ3n) is 1.06. The molecular formula is C6H12CrCuMnNNaO17S3SeZn. The van der Waals surface area contributed by atoms with Gasteiger partial charge in [-0.25, -0.2) is 9.78 Å². The van der Waals surface area contributed by atoms with Crippen LogP contribution >= 0.6 is 0 Å². The van der Waals surface area contributed by atoms with Gasteiger partial charge in [0.2, 0.25) is 0 Å². The molecule has 0 spiro atoms. The van der Waals surface area contributed by atoms with E-state index in [9.17, 15) is 20.9 Å². The molecule has 0 atom stereocenters. The first-order valence-electron chi connectivity index (χ1n) is 5.21. The van der Waals surface area contributed by atoms with Gasteiger partial charge in [0.25, 0.3) is 0 Å². The second-order valence-electron chi connectivity index (χ2n) is 3.34. The normalized spacial score (nSPS) is 9.64. The van der Waals surface area contributed by atoms with Gasteiger partial charge in [-0.3, -0.25) is 18.2 Å². The summed E-state index contributed by atoms with van der Waals surface area (Å²) < 4.78 is 119. The van der Waals surface area contributed by atoms with Gasteiger partial charge in [0, 0.05) is 77.2 Å². The second-order valence-corrected chi connectivity index (χ2v) is 8.77. The standard InChI is InChI=1S/C6H5NO2.Cr.Cu.Mn.Na.H2O7SSe.2H2O4S.Zn.H/c8-6(9)5-3-1-2-4-7-5;;;;;1-8(2,3)7-9(4,5)6;2*1-5(2,3)4;;/h1-4H,(H,8,9);;;;;(H,1,2,3)(H,4,5,6);2*(H2,1,2,3,4);;/q;;;;+1;;;;;-1.